The standard InChI is InChI=1S/C17H20N2O3S/c1-11-9-16(13(3)23-11)12(2)18-19-17(20)10-22-15-7-5-14(21-4)6-8-15/h5-9H,10H2,1-4H3,(H,19,20)/b18-12-. The average molecular weight is 332 g/mol. The summed E-state index contributed by atoms with van der Waals surface area (Å²) in [5.74, 6) is 1.04. The molecule has 1 N–H and O–H groups in total. The third-order valence-corrected chi connectivity index (χ3v) is 4.17. The van der Waals surface area contributed by atoms with E-state index in [0.29, 0.717) is 5.75 Å². The number of rotatable bonds is 6. The molecule has 0 aliphatic rings. The van der Waals surface area contributed by atoms with Gasteiger partial charge in [0.2, 0.25) is 0 Å². The molecule has 0 fully saturated rings. The zero-order valence-corrected chi connectivity index (χ0v) is 14.5. The van der Waals surface area contributed by atoms with Gasteiger partial charge in [-0.15, -0.1) is 11.3 Å². The number of hydrazone groups is 1. The van der Waals surface area contributed by atoms with E-state index in [9.17, 15) is 4.79 Å². The number of carbonyl (C=O) groups excluding carboxylic acids is 1. The van der Waals surface area contributed by atoms with Crippen LogP contribution in [0.2, 0.25) is 0 Å². The van der Waals surface area contributed by atoms with E-state index in [-0.39, 0.29) is 12.5 Å². The molecule has 1 aromatic carbocycles. The lowest BCUT2D eigenvalue weighted by molar-refractivity contribution is -0.123. The first-order valence-electron chi connectivity index (χ1n) is 7.17. The first-order chi connectivity index (χ1) is 11.0. The third-order valence-electron chi connectivity index (χ3n) is 3.21. The Morgan fingerprint density at radius 1 is 1.22 bits per heavy atom. The van der Waals surface area contributed by atoms with Crippen LogP contribution >= 0.6 is 11.3 Å². The predicted molar refractivity (Wildman–Crippen MR) is 92.6 cm³/mol. The zero-order chi connectivity index (χ0) is 16.8. The summed E-state index contributed by atoms with van der Waals surface area (Å²) in [6, 6.07) is 9.11. The summed E-state index contributed by atoms with van der Waals surface area (Å²) in [5.41, 5.74) is 4.36. The highest BCUT2D eigenvalue weighted by Crippen LogP contribution is 2.21. The fourth-order valence-corrected chi connectivity index (χ4v) is 3.03. The van der Waals surface area contributed by atoms with Crippen LogP contribution < -0.4 is 14.9 Å². The van der Waals surface area contributed by atoms with E-state index >= 15 is 0 Å². The minimum absolute atomic E-state index is 0.0925. The normalized spacial score (nSPS) is 11.2. The number of thiophene rings is 1. The van der Waals surface area contributed by atoms with Gasteiger partial charge in [0.1, 0.15) is 11.5 Å². The number of methoxy groups -OCH3 is 1. The number of amides is 1. The number of ether oxygens (including phenoxy) is 2. The summed E-state index contributed by atoms with van der Waals surface area (Å²) in [5, 5.41) is 4.13. The molecule has 6 heteroatoms. The van der Waals surface area contributed by atoms with Crippen molar-refractivity contribution in [3.63, 3.8) is 0 Å². The molecular formula is C17H20N2O3S. The summed E-state index contributed by atoms with van der Waals surface area (Å²) >= 11 is 1.71. The maximum atomic E-state index is 11.8. The van der Waals surface area contributed by atoms with Crippen molar-refractivity contribution in [2.75, 3.05) is 13.7 Å². The van der Waals surface area contributed by atoms with Gasteiger partial charge in [-0.25, -0.2) is 5.43 Å². The minimum Gasteiger partial charge on any atom is -0.497 e. The Kier molecular flexibility index (Phi) is 5.76. The monoisotopic (exact) mass is 332 g/mol. The van der Waals surface area contributed by atoms with E-state index in [0.717, 1.165) is 17.0 Å². The Labute approximate surface area is 139 Å². The van der Waals surface area contributed by atoms with Crippen molar-refractivity contribution in [1.29, 1.82) is 0 Å². The van der Waals surface area contributed by atoms with Gasteiger partial charge in [0.05, 0.1) is 12.8 Å². The maximum absolute atomic E-state index is 11.8. The van der Waals surface area contributed by atoms with E-state index in [2.05, 4.69) is 23.5 Å². The highest BCUT2D eigenvalue weighted by Gasteiger charge is 2.07. The molecule has 0 unspecified atom stereocenters. The zero-order valence-electron chi connectivity index (χ0n) is 13.7. The van der Waals surface area contributed by atoms with Gasteiger partial charge in [-0.3, -0.25) is 4.79 Å². The first kappa shape index (κ1) is 17.0. The number of nitrogens with one attached hydrogen (secondary N) is 1. The van der Waals surface area contributed by atoms with Gasteiger partial charge in [0.15, 0.2) is 6.61 Å². The molecule has 23 heavy (non-hydrogen) atoms. The second kappa shape index (κ2) is 7.78. The van der Waals surface area contributed by atoms with Crippen molar-refractivity contribution in [3.8, 4) is 11.5 Å². The Morgan fingerprint density at radius 3 is 2.43 bits per heavy atom. The second-order valence-electron chi connectivity index (χ2n) is 5.02. The van der Waals surface area contributed by atoms with Crippen LogP contribution in [0.1, 0.15) is 22.2 Å². The maximum Gasteiger partial charge on any atom is 0.277 e. The number of carbonyl (C=O) groups is 1. The van der Waals surface area contributed by atoms with Crippen LogP contribution in [0.3, 0.4) is 0 Å². The number of nitrogens with zero attached hydrogens (tertiary/aromatic N) is 1. The Morgan fingerprint density at radius 2 is 1.87 bits per heavy atom. The topological polar surface area (TPSA) is 59.9 Å². The summed E-state index contributed by atoms with van der Waals surface area (Å²) in [6.45, 7) is 5.88. The molecule has 0 aliphatic heterocycles. The lowest BCUT2D eigenvalue weighted by Gasteiger charge is -2.06. The molecule has 122 valence electrons. The smallest absolute Gasteiger partial charge is 0.277 e. The van der Waals surface area contributed by atoms with Crippen molar-refractivity contribution in [2.24, 2.45) is 5.10 Å². The highest BCUT2D eigenvalue weighted by atomic mass is 32.1. The van der Waals surface area contributed by atoms with E-state index in [1.54, 1.807) is 42.7 Å². The van der Waals surface area contributed by atoms with Gasteiger partial charge in [0.25, 0.3) is 5.91 Å². The van der Waals surface area contributed by atoms with Gasteiger partial charge in [-0.1, -0.05) is 0 Å². The van der Waals surface area contributed by atoms with Gasteiger partial charge >= 0.3 is 0 Å². The molecule has 0 saturated carbocycles. The molecule has 1 amide bonds. The third kappa shape index (κ3) is 4.82. The summed E-state index contributed by atoms with van der Waals surface area (Å²) < 4.78 is 10.5. The first-order valence-corrected chi connectivity index (χ1v) is 7.98. The van der Waals surface area contributed by atoms with Crippen LogP contribution in [-0.2, 0) is 4.79 Å². The van der Waals surface area contributed by atoms with Crippen molar-refractivity contribution in [2.45, 2.75) is 20.8 Å². The van der Waals surface area contributed by atoms with Crippen LogP contribution in [0.15, 0.2) is 35.4 Å². The fraction of sp³-hybridized carbons (Fsp3) is 0.294. The van der Waals surface area contributed by atoms with Crippen molar-refractivity contribution < 1.29 is 14.3 Å². The molecule has 0 spiro atoms. The SMILES string of the molecule is COc1ccc(OCC(=O)N/N=C(/C)c2cc(C)sc2C)cc1. The van der Waals surface area contributed by atoms with Crippen LogP contribution in [0, 0.1) is 13.8 Å². The molecule has 1 aromatic heterocycles. The molecule has 0 saturated heterocycles. The van der Waals surface area contributed by atoms with E-state index < -0.39 is 0 Å². The van der Waals surface area contributed by atoms with E-state index in [4.69, 9.17) is 9.47 Å². The summed E-state index contributed by atoms with van der Waals surface area (Å²) in [6.07, 6.45) is 0. The number of hydrogen-bond donors (Lipinski definition) is 1. The molecule has 2 rings (SSSR count). The molecule has 1 heterocycles. The predicted octanol–water partition coefficient (Wildman–Crippen LogP) is 3.29. The lowest BCUT2D eigenvalue weighted by Crippen LogP contribution is -2.25. The van der Waals surface area contributed by atoms with E-state index in [1.165, 1.54) is 9.75 Å². The van der Waals surface area contributed by atoms with Crippen molar-refractivity contribution in [1.82, 2.24) is 5.43 Å². The summed E-state index contributed by atoms with van der Waals surface area (Å²) in [4.78, 5) is 14.2. The molecule has 2 aromatic rings. The van der Waals surface area contributed by atoms with Crippen molar-refractivity contribution in [3.05, 3.63) is 45.6 Å². The molecule has 5 nitrogen and oxygen atoms in total. The van der Waals surface area contributed by atoms with Crippen LogP contribution in [0.25, 0.3) is 0 Å². The number of benzene rings is 1. The molecule has 0 atom stereocenters. The average Bonchev–Trinajstić information content (AvgIpc) is 2.89. The van der Waals surface area contributed by atoms with Gasteiger partial charge in [-0.2, -0.15) is 5.10 Å². The largest absolute Gasteiger partial charge is 0.497 e. The quantitative estimate of drug-likeness (QED) is 0.652. The second-order valence-corrected chi connectivity index (χ2v) is 6.48. The molecule has 0 bridgehead atoms. The summed E-state index contributed by atoms with van der Waals surface area (Å²) in [7, 11) is 1.60. The van der Waals surface area contributed by atoms with Crippen molar-refractivity contribution >= 4 is 23.0 Å². The number of aryl methyl sites for hydroxylation is 2. The Hall–Kier alpha value is -2.34. The van der Waals surface area contributed by atoms with Crippen LogP contribution in [0.5, 0.6) is 11.5 Å². The molecule has 0 radical (unpaired) electrons. The molecular weight excluding hydrogens is 312 g/mol. The molecule has 0 aliphatic carbocycles. The van der Waals surface area contributed by atoms with E-state index in [1.807, 2.05) is 13.8 Å². The fourth-order valence-electron chi connectivity index (χ4n) is 2.05. The van der Waals surface area contributed by atoms with Crippen LogP contribution in [-0.4, -0.2) is 25.3 Å². The Balaban J connectivity index is 1.86. The van der Waals surface area contributed by atoms with Gasteiger partial charge < -0.3 is 9.47 Å². The van der Waals surface area contributed by atoms with Gasteiger partial charge in [-0.05, 0) is 51.1 Å². The minimum atomic E-state index is -0.301. The Bertz CT molecular complexity index is 705. The van der Waals surface area contributed by atoms with Crippen LogP contribution in [0.4, 0.5) is 0 Å². The lowest BCUT2D eigenvalue weighted by atomic mass is 10.2. The number of hydrogen-bond acceptors (Lipinski definition) is 5. The van der Waals surface area contributed by atoms with Gasteiger partial charge in [0, 0.05) is 15.3 Å². The highest BCUT2D eigenvalue weighted by molar-refractivity contribution is 7.12.